The number of rotatable bonds is 3. The molecule has 7 heteroatoms. The van der Waals surface area contributed by atoms with E-state index in [9.17, 15) is 14.7 Å². The summed E-state index contributed by atoms with van der Waals surface area (Å²) in [5.74, 6) is 0.0670. The van der Waals surface area contributed by atoms with E-state index < -0.39 is 5.41 Å². The van der Waals surface area contributed by atoms with Crippen LogP contribution in [0.5, 0.6) is 0 Å². The van der Waals surface area contributed by atoms with Crippen LogP contribution >= 0.6 is 12.4 Å². The fraction of sp³-hybridized carbons (Fsp3) is 0.875. The molecule has 0 aliphatic carbocycles. The first-order valence-corrected chi connectivity index (χ1v) is 8.25. The van der Waals surface area contributed by atoms with Crippen molar-refractivity contribution in [3.8, 4) is 0 Å². The van der Waals surface area contributed by atoms with Gasteiger partial charge in [0.2, 0.25) is 11.8 Å². The van der Waals surface area contributed by atoms with Crippen molar-refractivity contribution < 1.29 is 14.7 Å². The fourth-order valence-electron chi connectivity index (χ4n) is 3.15. The molecule has 0 radical (unpaired) electrons. The van der Waals surface area contributed by atoms with Gasteiger partial charge in [0.15, 0.2) is 0 Å². The highest BCUT2D eigenvalue weighted by molar-refractivity contribution is 5.85. The Labute approximate surface area is 144 Å². The zero-order valence-corrected chi connectivity index (χ0v) is 15.1. The number of piperidine rings is 1. The van der Waals surface area contributed by atoms with E-state index in [0.717, 1.165) is 25.9 Å². The Hall–Kier alpha value is -0.850. The van der Waals surface area contributed by atoms with E-state index in [0.29, 0.717) is 19.6 Å². The highest BCUT2D eigenvalue weighted by Gasteiger charge is 2.34. The number of hydrogen-bond donors (Lipinski definition) is 3. The van der Waals surface area contributed by atoms with Gasteiger partial charge in [-0.15, -0.1) is 12.4 Å². The van der Waals surface area contributed by atoms with Crippen LogP contribution in [-0.4, -0.2) is 60.6 Å². The van der Waals surface area contributed by atoms with Crippen molar-refractivity contribution >= 4 is 24.2 Å². The van der Waals surface area contributed by atoms with Gasteiger partial charge in [0.05, 0.1) is 12.0 Å². The number of halogens is 1. The second-order valence-electron chi connectivity index (χ2n) is 7.57. The number of nitrogens with zero attached hydrogens (tertiary/aromatic N) is 1. The molecule has 0 aromatic rings. The van der Waals surface area contributed by atoms with Crippen molar-refractivity contribution in [3.63, 3.8) is 0 Å². The molecule has 2 saturated heterocycles. The van der Waals surface area contributed by atoms with Crippen LogP contribution in [0.2, 0.25) is 0 Å². The SMILES string of the molecule is CC(C)(C)C(=O)N1CCCC(C(=O)NCC2CNCC2O)C1.Cl. The zero-order valence-electron chi connectivity index (χ0n) is 14.3. The zero-order chi connectivity index (χ0) is 16.3. The predicted molar refractivity (Wildman–Crippen MR) is 91.4 cm³/mol. The molecule has 23 heavy (non-hydrogen) atoms. The molecule has 2 fully saturated rings. The number of aliphatic hydroxyl groups excluding tert-OH is 1. The molecule has 2 aliphatic rings. The Balaban J connectivity index is 0.00000264. The van der Waals surface area contributed by atoms with Gasteiger partial charge < -0.3 is 20.6 Å². The minimum Gasteiger partial charge on any atom is -0.391 e. The van der Waals surface area contributed by atoms with Gasteiger partial charge in [-0.2, -0.15) is 0 Å². The lowest BCUT2D eigenvalue weighted by Crippen LogP contribution is -2.49. The number of carbonyl (C=O) groups excluding carboxylic acids is 2. The number of β-amino-alcohol motifs (C(OH)–C–C–N with tert-alkyl or cyclic N) is 1. The van der Waals surface area contributed by atoms with E-state index in [4.69, 9.17) is 0 Å². The second kappa shape index (κ2) is 8.31. The van der Waals surface area contributed by atoms with E-state index >= 15 is 0 Å². The Kier molecular flexibility index (Phi) is 7.29. The Morgan fingerprint density at radius 1 is 1.30 bits per heavy atom. The number of carbonyl (C=O) groups is 2. The molecule has 2 aliphatic heterocycles. The molecule has 3 atom stereocenters. The lowest BCUT2D eigenvalue weighted by molar-refractivity contribution is -0.142. The molecular weight excluding hydrogens is 318 g/mol. The molecule has 3 N–H and O–H groups in total. The van der Waals surface area contributed by atoms with E-state index in [1.54, 1.807) is 0 Å². The maximum absolute atomic E-state index is 12.4. The Morgan fingerprint density at radius 3 is 2.57 bits per heavy atom. The molecule has 0 aromatic heterocycles. The summed E-state index contributed by atoms with van der Waals surface area (Å²) in [6.45, 7) is 8.81. The molecule has 0 saturated carbocycles. The van der Waals surface area contributed by atoms with Crippen molar-refractivity contribution in [2.75, 3.05) is 32.7 Å². The maximum Gasteiger partial charge on any atom is 0.227 e. The van der Waals surface area contributed by atoms with Crippen molar-refractivity contribution in [2.24, 2.45) is 17.3 Å². The monoisotopic (exact) mass is 347 g/mol. The molecule has 6 nitrogen and oxygen atoms in total. The average Bonchev–Trinajstić information content (AvgIpc) is 2.88. The number of likely N-dealkylation sites (tertiary alicyclic amines) is 1. The van der Waals surface area contributed by atoms with Gasteiger partial charge in [-0.05, 0) is 12.8 Å². The molecule has 0 aromatic carbocycles. The third-order valence-corrected chi connectivity index (χ3v) is 4.56. The summed E-state index contributed by atoms with van der Waals surface area (Å²) in [6, 6.07) is 0. The molecule has 0 spiro atoms. The van der Waals surface area contributed by atoms with Crippen LogP contribution in [0, 0.1) is 17.3 Å². The van der Waals surface area contributed by atoms with Gasteiger partial charge in [0.25, 0.3) is 0 Å². The predicted octanol–water partition coefficient (Wildman–Crippen LogP) is 0.389. The highest BCUT2D eigenvalue weighted by Crippen LogP contribution is 2.23. The summed E-state index contributed by atoms with van der Waals surface area (Å²) in [4.78, 5) is 26.5. The second-order valence-corrected chi connectivity index (χ2v) is 7.57. The smallest absolute Gasteiger partial charge is 0.227 e. The van der Waals surface area contributed by atoms with Crippen molar-refractivity contribution in [1.29, 1.82) is 0 Å². The van der Waals surface area contributed by atoms with Crippen molar-refractivity contribution in [3.05, 3.63) is 0 Å². The number of aliphatic hydroxyl groups is 1. The fourth-order valence-corrected chi connectivity index (χ4v) is 3.15. The maximum atomic E-state index is 12.4. The Morgan fingerprint density at radius 2 is 2.00 bits per heavy atom. The lowest BCUT2D eigenvalue weighted by atomic mass is 9.91. The summed E-state index contributed by atoms with van der Waals surface area (Å²) < 4.78 is 0. The van der Waals surface area contributed by atoms with Crippen molar-refractivity contribution in [1.82, 2.24) is 15.5 Å². The van der Waals surface area contributed by atoms with Crippen molar-refractivity contribution in [2.45, 2.75) is 39.7 Å². The minimum atomic E-state index is -0.405. The first-order valence-electron chi connectivity index (χ1n) is 8.25. The molecule has 2 rings (SSSR count). The number of hydrogen-bond acceptors (Lipinski definition) is 4. The van der Waals surface area contributed by atoms with Crippen LogP contribution in [0.4, 0.5) is 0 Å². The van der Waals surface area contributed by atoms with Crippen LogP contribution in [0.3, 0.4) is 0 Å². The van der Waals surface area contributed by atoms with Crippen LogP contribution < -0.4 is 10.6 Å². The van der Waals surface area contributed by atoms with Gasteiger partial charge >= 0.3 is 0 Å². The Bertz CT molecular complexity index is 425. The van der Waals surface area contributed by atoms with Crippen LogP contribution in [0.25, 0.3) is 0 Å². The topological polar surface area (TPSA) is 81.7 Å². The largest absolute Gasteiger partial charge is 0.391 e. The summed E-state index contributed by atoms with van der Waals surface area (Å²) in [6.07, 6.45) is 1.31. The van der Waals surface area contributed by atoms with Crippen LogP contribution in [0.15, 0.2) is 0 Å². The lowest BCUT2D eigenvalue weighted by Gasteiger charge is -2.36. The van der Waals surface area contributed by atoms with Gasteiger partial charge in [-0.1, -0.05) is 20.8 Å². The molecule has 2 heterocycles. The summed E-state index contributed by atoms with van der Waals surface area (Å²) in [5, 5.41) is 15.8. The van der Waals surface area contributed by atoms with Gasteiger partial charge in [0, 0.05) is 44.1 Å². The third kappa shape index (κ3) is 5.33. The average molecular weight is 348 g/mol. The van der Waals surface area contributed by atoms with Gasteiger partial charge in [0.1, 0.15) is 0 Å². The molecule has 0 bridgehead atoms. The summed E-state index contributed by atoms with van der Waals surface area (Å²) in [7, 11) is 0. The standard InChI is InChI=1S/C16H29N3O3.ClH/c1-16(2,3)15(22)19-6-4-5-11(10-19)14(21)18-8-12-7-17-9-13(12)20;/h11-13,17,20H,4-10H2,1-3H3,(H,18,21);1H. The summed E-state index contributed by atoms with van der Waals surface area (Å²) >= 11 is 0. The van der Waals surface area contributed by atoms with E-state index in [-0.39, 0.29) is 42.2 Å². The van der Waals surface area contributed by atoms with E-state index in [1.165, 1.54) is 0 Å². The molecule has 2 amide bonds. The highest BCUT2D eigenvalue weighted by atomic mass is 35.5. The van der Waals surface area contributed by atoms with Gasteiger partial charge in [-0.25, -0.2) is 0 Å². The van der Waals surface area contributed by atoms with Crippen LogP contribution in [0.1, 0.15) is 33.6 Å². The van der Waals surface area contributed by atoms with Crippen LogP contribution in [-0.2, 0) is 9.59 Å². The molecule has 134 valence electrons. The quantitative estimate of drug-likeness (QED) is 0.690. The normalized spacial score (nSPS) is 28.2. The first-order chi connectivity index (χ1) is 10.3. The first kappa shape index (κ1) is 20.2. The number of amides is 2. The number of nitrogens with one attached hydrogen (secondary N) is 2. The minimum absolute atomic E-state index is 0. The summed E-state index contributed by atoms with van der Waals surface area (Å²) in [5.41, 5.74) is -0.405. The molecular formula is C16H30ClN3O3. The molecule has 3 unspecified atom stereocenters. The van der Waals surface area contributed by atoms with E-state index in [2.05, 4.69) is 10.6 Å². The third-order valence-electron chi connectivity index (χ3n) is 4.56. The van der Waals surface area contributed by atoms with E-state index in [1.807, 2.05) is 25.7 Å². The van der Waals surface area contributed by atoms with Gasteiger partial charge in [-0.3, -0.25) is 9.59 Å².